The van der Waals surface area contributed by atoms with E-state index in [2.05, 4.69) is 32.9 Å². The Morgan fingerprint density at radius 2 is 1.44 bits per heavy atom. The summed E-state index contributed by atoms with van der Waals surface area (Å²) in [6.45, 7) is 0. The lowest BCUT2D eigenvalue weighted by Gasteiger charge is -2.20. The first-order chi connectivity index (χ1) is 13.1. The number of benzene rings is 3. The van der Waals surface area contributed by atoms with Crippen molar-refractivity contribution in [2.24, 2.45) is 15.4 Å². The molecule has 7 nitrogen and oxygen atoms in total. The maximum Gasteiger partial charge on any atom is 0.269 e. The smallest absolute Gasteiger partial charge is 0.258 e. The minimum absolute atomic E-state index is 0.0166. The van der Waals surface area contributed by atoms with E-state index in [4.69, 9.17) is 5.10 Å². The fourth-order valence-corrected chi connectivity index (χ4v) is 3.15. The summed E-state index contributed by atoms with van der Waals surface area (Å²) in [7, 11) is 0. The van der Waals surface area contributed by atoms with Crippen molar-refractivity contribution in [3.05, 3.63) is 98.1 Å². The molecule has 0 radical (unpaired) electrons. The highest BCUT2D eigenvalue weighted by atomic mass is 127. The fraction of sp³-hybridized carbons (Fsp3) is 0. The summed E-state index contributed by atoms with van der Waals surface area (Å²) in [5.74, 6) is 0.507. The fourth-order valence-electron chi connectivity index (χ4n) is 2.79. The number of halogens is 1. The van der Waals surface area contributed by atoms with Gasteiger partial charge in [-0.3, -0.25) is 10.1 Å². The summed E-state index contributed by atoms with van der Waals surface area (Å²) in [6.07, 6.45) is 0. The lowest BCUT2D eigenvalue weighted by molar-refractivity contribution is -0.384. The van der Waals surface area contributed by atoms with Gasteiger partial charge in [0.2, 0.25) is 5.84 Å². The van der Waals surface area contributed by atoms with Gasteiger partial charge >= 0.3 is 0 Å². The third-order valence-electron chi connectivity index (χ3n) is 4.15. The summed E-state index contributed by atoms with van der Waals surface area (Å²) in [6, 6.07) is 23.6. The number of hydrogen-bond donors (Lipinski definition) is 0. The topological polar surface area (TPSA) is 80.2 Å². The molecular weight excluding hydrogens is 457 g/mol. The molecule has 1 aliphatic rings. The quantitative estimate of drug-likeness (QED) is 0.216. The molecule has 1 unspecified atom stereocenters. The number of hydrogen-bond acceptors (Lipinski definition) is 5. The molecule has 0 spiro atoms. The maximum absolute atomic E-state index is 11.0. The molecule has 0 saturated carbocycles. The van der Waals surface area contributed by atoms with E-state index >= 15 is 0 Å². The lowest BCUT2D eigenvalue weighted by atomic mass is 10.2. The Balaban J connectivity index is 1.87. The van der Waals surface area contributed by atoms with Crippen LogP contribution in [0.25, 0.3) is 0 Å². The molecular formula is C19H13IN5O2+. The van der Waals surface area contributed by atoms with Crippen molar-refractivity contribution in [1.29, 1.82) is 0 Å². The summed E-state index contributed by atoms with van der Waals surface area (Å²) in [5.41, 5.74) is 2.33. The molecule has 0 aromatic heterocycles. The van der Waals surface area contributed by atoms with Gasteiger partial charge in [0, 0.05) is 50.2 Å². The highest BCUT2D eigenvalue weighted by molar-refractivity contribution is 14.1. The molecule has 0 amide bonds. The molecule has 0 fully saturated rings. The van der Waals surface area contributed by atoms with Crippen LogP contribution in [-0.4, -0.2) is 10.8 Å². The Morgan fingerprint density at radius 1 is 0.852 bits per heavy atom. The summed E-state index contributed by atoms with van der Waals surface area (Å²) < 4.78 is 0.862. The third-order valence-corrected chi connectivity index (χ3v) is 4.87. The van der Waals surface area contributed by atoms with Gasteiger partial charge in [-0.1, -0.05) is 35.4 Å². The highest BCUT2D eigenvalue weighted by Gasteiger charge is 2.41. The van der Waals surface area contributed by atoms with Crippen LogP contribution in [0.1, 0.15) is 5.56 Å². The van der Waals surface area contributed by atoms with Crippen molar-refractivity contribution in [3.63, 3.8) is 0 Å². The number of amidine groups is 1. The molecule has 0 saturated heterocycles. The zero-order chi connectivity index (χ0) is 18.9. The molecule has 4 rings (SSSR count). The molecule has 27 heavy (non-hydrogen) atoms. The zero-order valence-electron chi connectivity index (χ0n) is 13.9. The summed E-state index contributed by atoms with van der Waals surface area (Å²) in [5, 5.41) is 24.5. The molecule has 0 aliphatic carbocycles. The van der Waals surface area contributed by atoms with Gasteiger partial charge in [0.05, 0.1) is 10.1 Å². The minimum atomic E-state index is -0.427. The molecule has 1 atom stereocenters. The van der Waals surface area contributed by atoms with Crippen LogP contribution in [0.5, 0.6) is 0 Å². The first kappa shape index (κ1) is 17.4. The maximum atomic E-state index is 11.0. The van der Waals surface area contributed by atoms with Crippen molar-refractivity contribution < 1.29 is 4.92 Å². The minimum Gasteiger partial charge on any atom is -0.258 e. The van der Waals surface area contributed by atoms with Gasteiger partial charge in [-0.15, -0.1) is 0 Å². The number of non-ortho nitro benzene ring substituents is 1. The second kappa shape index (κ2) is 6.97. The van der Waals surface area contributed by atoms with Crippen LogP contribution < -0.4 is 4.70 Å². The van der Waals surface area contributed by atoms with Gasteiger partial charge in [-0.2, -0.15) is 0 Å². The molecule has 0 N–H and O–H groups in total. The Labute approximate surface area is 168 Å². The van der Waals surface area contributed by atoms with E-state index in [1.54, 1.807) is 12.1 Å². The lowest BCUT2D eigenvalue weighted by Crippen LogP contribution is -2.30. The van der Waals surface area contributed by atoms with Gasteiger partial charge in [-0.25, -0.2) is 0 Å². The first-order valence-electron chi connectivity index (χ1n) is 8.08. The predicted molar refractivity (Wildman–Crippen MR) is 112 cm³/mol. The second-order valence-electron chi connectivity index (χ2n) is 5.83. The molecule has 8 heteroatoms. The Bertz CT molecular complexity index is 1050. The van der Waals surface area contributed by atoms with Gasteiger partial charge in [0.1, 0.15) is 0 Å². The molecule has 3 aromatic rings. The first-order valence-corrected chi connectivity index (χ1v) is 9.15. The van der Waals surface area contributed by atoms with E-state index in [9.17, 15) is 10.1 Å². The number of nitro groups is 1. The van der Waals surface area contributed by atoms with Crippen LogP contribution in [0.3, 0.4) is 0 Å². The zero-order valence-corrected chi connectivity index (χ0v) is 16.1. The van der Waals surface area contributed by atoms with E-state index in [1.165, 1.54) is 12.1 Å². The summed E-state index contributed by atoms with van der Waals surface area (Å²) >= 11 is 2.23. The number of rotatable bonds is 4. The normalized spacial score (nSPS) is 18.3. The van der Waals surface area contributed by atoms with Crippen molar-refractivity contribution in [1.82, 2.24) is 4.70 Å². The highest BCUT2D eigenvalue weighted by Crippen LogP contribution is 2.40. The Kier molecular flexibility index (Phi) is 4.50. The molecule has 0 bridgehead atoms. The second-order valence-corrected chi connectivity index (χ2v) is 7.08. The van der Waals surface area contributed by atoms with Gasteiger partial charge in [-0.05, 0) is 39.8 Å². The third kappa shape index (κ3) is 3.24. The largest absolute Gasteiger partial charge is 0.269 e. The molecule has 132 valence electrons. The van der Waals surface area contributed by atoms with Crippen LogP contribution in [0, 0.1) is 13.7 Å². The average molecular weight is 470 g/mol. The van der Waals surface area contributed by atoms with E-state index in [-0.39, 0.29) is 10.4 Å². The summed E-state index contributed by atoms with van der Waals surface area (Å²) in [4.78, 5) is 10.6. The number of nitro benzene ring substituents is 1. The monoisotopic (exact) mass is 470 g/mol. The Hall–Kier alpha value is -2.98. The van der Waals surface area contributed by atoms with Crippen molar-refractivity contribution in [3.8, 4) is 0 Å². The van der Waals surface area contributed by atoms with Gasteiger partial charge in [0.25, 0.3) is 5.69 Å². The van der Waals surface area contributed by atoms with Crippen LogP contribution in [0.4, 0.5) is 17.1 Å². The van der Waals surface area contributed by atoms with Crippen molar-refractivity contribution in [2.75, 3.05) is 0 Å². The molecule has 1 aliphatic heterocycles. The van der Waals surface area contributed by atoms with E-state index < -0.39 is 4.92 Å². The number of quaternary nitrogens is 1. The number of nitrogens with zero attached hydrogens (tertiary/aromatic N) is 5. The average Bonchev–Trinajstić information content (AvgIpc) is 3.16. The predicted octanol–water partition coefficient (Wildman–Crippen LogP) is 5.58. The SMILES string of the molecule is O=[N+]([O-])c1ccc([N+]2(c3ccc(I)cc3)N=NC(c3ccccc3)=N2)cc1. The van der Waals surface area contributed by atoms with E-state index in [1.807, 2.05) is 54.6 Å². The van der Waals surface area contributed by atoms with Crippen LogP contribution in [0.2, 0.25) is 0 Å². The van der Waals surface area contributed by atoms with E-state index in [0.29, 0.717) is 11.5 Å². The molecule has 3 aromatic carbocycles. The van der Waals surface area contributed by atoms with E-state index in [0.717, 1.165) is 14.8 Å². The van der Waals surface area contributed by atoms with Crippen molar-refractivity contribution >= 4 is 45.5 Å². The van der Waals surface area contributed by atoms with Gasteiger partial charge < -0.3 is 0 Å². The van der Waals surface area contributed by atoms with Gasteiger partial charge in [0.15, 0.2) is 11.4 Å². The van der Waals surface area contributed by atoms with Crippen molar-refractivity contribution in [2.45, 2.75) is 0 Å². The van der Waals surface area contributed by atoms with Crippen LogP contribution in [-0.2, 0) is 0 Å². The van der Waals surface area contributed by atoms with Crippen LogP contribution in [0.15, 0.2) is 94.3 Å². The Morgan fingerprint density at radius 3 is 2.04 bits per heavy atom. The molecule has 1 heterocycles. The standard InChI is InChI=1S/C19H13IN5O2/c20-15-6-10-17(11-7-15)25(18-12-8-16(9-13-18)24(26)27)22-19(21-23-25)14-4-2-1-3-5-14/h1-13H/q+1. The van der Waals surface area contributed by atoms with Crippen LogP contribution >= 0.6 is 22.6 Å².